The van der Waals surface area contributed by atoms with Gasteiger partial charge in [0, 0.05) is 62.5 Å². The molecule has 5 atom stereocenters. The van der Waals surface area contributed by atoms with Gasteiger partial charge in [0.1, 0.15) is 27.3 Å². The molecule has 1 aliphatic carbocycles. The van der Waals surface area contributed by atoms with Crippen LogP contribution in [0.4, 0.5) is 5.69 Å². The summed E-state index contributed by atoms with van der Waals surface area (Å²) >= 11 is 6.47. The van der Waals surface area contributed by atoms with Gasteiger partial charge < -0.3 is 23.8 Å². The fourth-order valence-electron chi connectivity index (χ4n) is 8.51. The molecule has 324 valence electrons. The number of anilines is 1. The number of nitrogens with one attached hydrogen (secondary N) is 1. The summed E-state index contributed by atoms with van der Waals surface area (Å²) in [5.74, 6) is -1.15. The van der Waals surface area contributed by atoms with Crippen LogP contribution in [0.15, 0.2) is 59.1 Å². The van der Waals surface area contributed by atoms with Crippen LogP contribution in [0.5, 0.6) is 11.6 Å². The van der Waals surface area contributed by atoms with Gasteiger partial charge in [-0.25, -0.2) is 4.21 Å². The Balaban J connectivity index is 1.26. The number of rotatable bonds is 7. The quantitative estimate of drug-likeness (QED) is 0.218. The minimum Gasteiger partial charge on any atom is -0.491 e. The van der Waals surface area contributed by atoms with E-state index >= 15 is 0 Å². The maximum Gasteiger partial charge on any atom is 0.307 e. The van der Waals surface area contributed by atoms with Crippen LogP contribution in [-0.4, -0.2) is 108 Å². The Hall–Kier alpha value is -4.44. The highest BCUT2D eigenvalue weighted by Gasteiger charge is 2.39. The molecule has 2 aromatic carbocycles. The Bertz CT molecular complexity index is 2180. The van der Waals surface area contributed by atoms with Gasteiger partial charge in [0.25, 0.3) is 11.8 Å². The van der Waals surface area contributed by atoms with Gasteiger partial charge in [-0.2, -0.15) is 0 Å². The number of halogens is 1. The molecule has 1 N–H and O–H groups in total. The van der Waals surface area contributed by atoms with Crippen LogP contribution in [0.25, 0.3) is 0 Å². The van der Waals surface area contributed by atoms with E-state index in [0.717, 1.165) is 57.3 Å². The molecule has 4 heterocycles. The van der Waals surface area contributed by atoms with Crippen molar-refractivity contribution in [1.82, 2.24) is 19.4 Å². The van der Waals surface area contributed by atoms with E-state index < -0.39 is 27.8 Å². The first kappa shape index (κ1) is 43.6. The third-order valence-electron chi connectivity index (χ3n) is 11.9. The van der Waals surface area contributed by atoms with E-state index in [1.54, 1.807) is 25.2 Å². The van der Waals surface area contributed by atoms with Gasteiger partial charge in [-0.3, -0.25) is 28.7 Å². The molecule has 1 saturated heterocycles. The number of aryl methyl sites for hydroxylation is 2. The Morgan fingerprint density at radius 3 is 2.65 bits per heavy atom. The fraction of sp³-hybridized carbons (Fsp3) is 0.545. The van der Waals surface area contributed by atoms with Crippen molar-refractivity contribution in [3.8, 4) is 11.6 Å². The van der Waals surface area contributed by atoms with E-state index in [1.165, 1.54) is 29.1 Å². The van der Waals surface area contributed by atoms with Gasteiger partial charge in [0.2, 0.25) is 5.88 Å². The second-order valence-electron chi connectivity index (χ2n) is 16.4. The number of morpholine rings is 1. The molecule has 3 aliphatic heterocycles. The van der Waals surface area contributed by atoms with Crippen LogP contribution in [0.1, 0.15) is 77.3 Å². The monoisotopic (exact) mass is 864 g/mol. The number of hydrogen-bond donors (Lipinski definition) is 1. The zero-order chi connectivity index (χ0) is 42.2. The number of allylic oxidation sites excluding steroid dienone is 1. The predicted molar refractivity (Wildman–Crippen MR) is 230 cm³/mol. The summed E-state index contributed by atoms with van der Waals surface area (Å²) in [6, 6.07) is 11.3. The molecule has 7 rings (SSSR count). The van der Waals surface area contributed by atoms with E-state index in [0.29, 0.717) is 56.6 Å². The zero-order valence-electron chi connectivity index (χ0n) is 34.8. The molecule has 4 aliphatic rings. The molecule has 3 aromatic rings. The largest absolute Gasteiger partial charge is 0.491 e. The Morgan fingerprint density at radius 1 is 1.03 bits per heavy atom. The van der Waals surface area contributed by atoms with E-state index in [2.05, 4.69) is 36.1 Å². The van der Waals surface area contributed by atoms with Crippen molar-refractivity contribution in [1.29, 1.82) is 0 Å². The number of aromatic nitrogens is 2. The molecule has 2 bridgehead atoms. The summed E-state index contributed by atoms with van der Waals surface area (Å²) in [6.45, 7) is 7.10. The fourth-order valence-corrected chi connectivity index (χ4v) is 10.6. The lowest BCUT2D eigenvalue weighted by Gasteiger charge is -2.43. The molecule has 1 aromatic heterocycles. The summed E-state index contributed by atoms with van der Waals surface area (Å²) in [5.41, 5.74) is 3.44. The van der Waals surface area contributed by atoms with E-state index in [1.807, 2.05) is 25.1 Å². The Morgan fingerprint density at radius 2 is 1.87 bits per heavy atom. The number of fused-ring (bicyclic) bond motifs is 3. The maximum absolute atomic E-state index is 14.8. The second kappa shape index (κ2) is 20.0. The summed E-state index contributed by atoms with van der Waals surface area (Å²) < 4.78 is 46.7. The summed E-state index contributed by atoms with van der Waals surface area (Å²) in [5, 5.41) is 4.87. The molecule has 1 unspecified atom stereocenters. The van der Waals surface area contributed by atoms with Crippen LogP contribution in [0.3, 0.4) is 0 Å². The van der Waals surface area contributed by atoms with Crippen LogP contribution in [0.2, 0.25) is 5.02 Å². The molecule has 60 heavy (non-hydrogen) atoms. The molecular formula is C44H57ClN6O8S. The minimum atomic E-state index is -3.70. The maximum atomic E-state index is 14.8. The first-order valence-electron chi connectivity index (χ1n) is 21.1. The molecule has 14 nitrogen and oxygen atoms in total. The molecule has 2 amide bonds. The van der Waals surface area contributed by atoms with Crippen molar-refractivity contribution in [3.63, 3.8) is 0 Å². The highest BCUT2D eigenvalue weighted by Crippen LogP contribution is 2.42. The Kier molecular flexibility index (Phi) is 14.5. The molecule has 0 spiro atoms. The third kappa shape index (κ3) is 11.1. The lowest BCUT2D eigenvalue weighted by molar-refractivity contribution is -0.152. The van der Waals surface area contributed by atoms with Crippen molar-refractivity contribution in [2.24, 2.45) is 29.2 Å². The van der Waals surface area contributed by atoms with E-state index in [4.69, 9.17) is 30.5 Å². The molecule has 0 radical (unpaired) electrons. The van der Waals surface area contributed by atoms with Crippen LogP contribution in [0, 0.1) is 17.8 Å². The number of benzene rings is 2. The Labute approximate surface area is 358 Å². The summed E-state index contributed by atoms with van der Waals surface area (Å²) in [4.78, 5) is 45.8. The molecule has 2 fully saturated rings. The van der Waals surface area contributed by atoms with Gasteiger partial charge in [-0.1, -0.05) is 30.7 Å². The lowest BCUT2D eigenvalue weighted by Crippen LogP contribution is -2.45. The number of carbonyl (C=O) groups excluding carboxylic acids is 3. The molecular weight excluding hydrogens is 808 g/mol. The number of ether oxygens (including phenoxy) is 4. The second-order valence-corrected chi connectivity index (χ2v) is 18.8. The average Bonchev–Trinajstić information content (AvgIpc) is 3.60. The SMILES string of the molecule is COc1nn(C)cc1C(=O)NS1(=O)=NC(=O)c2ccc3c(c2)N(CCc2ccc(Cl)cc2CCCCO3)C[C@@H]2CC[C@H]2[C@@H](OC(=O)CCN2CCOCC2)/C=C/C[C@H](C)C1. The number of methoxy groups -OCH3 is 1. The highest BCUT2D eigenvalue weighted by molar-refractivity contribution is 7.92. The zero-order valence-corrected chi connectivity index (χ0v) is 36.4. The van der Waals surface area contributed by atoms with Gasteiger partial charge in [0.05, 0.1) is 44.8 Å². The van der Waals surface area contributed by atoms with Crippen molar-refractivity contribution in [3.05, 3.63) is 82.0 Å². The average molecular weight is 865 g/mol. The first-order chi connectivity index (χ1) is 29.0. The predicted octanol–water partition coefficient (Wildman–Crippen LogP) is 6.06. The van der Waals surface area contributed by atoms with Gasteiger partial charge in [-0.05, 0) is 104 Å². The third-order valence-corrected chi connectivity index (χ3v) is 14.1. The number of hydrogen-bond acceptors (Lipinski definition) is 11. The minimum absolute atomic E-state index is 0.0547. The normalized spacial score (nSPS) is 26.0. The standard InChI is InChI=1S/C44H57ClN6O8S/c1-30-7-6-9-39(59-41(52)17-18-50-20-23-57-24-21-50)36-14-11-34(36)27-51-19-16-31-10-13-35(45)25-32(31)8-4-5-22-58-40-15-12-33(26-38(40)51)42(53)47-60(55,29-30)48-43(54)37-28-49(2)46-44(37)56-3/h6,9-10,12-13,15,25-26,28,30,34,36,39H,4-5,7-8,11,14,16-24,27,29H2,1-3H3,(H,47,48,53,54,55)/b9-6+/t30-,34-,36+,39-,60?/m0/s1. The lowest BCUT2D eigenvalue weighted by atomic mass is 9.70. The molecule has 1 saturated carbocycles. The van der Waals surface area contributed by atoms with Crippen molar-refractivity contribution in [2.75, 3.05) is 70.3 Å². The van der Waals surface area contributed by atoms with Crippen LogP contribution >= 0.6 is 11.6 Å². The molecule has 16 heteroatoms. The first-order valence-corrected chi connectivity index (χ1v) is 23.2. The van der Waals surface area contributed by atoms with Gasteiger partial charge in [0.15, 0.2) is 0 Å². The number of nitrogens with zero attached hydrogens (tertiary/aromatic N) is 5. The number of carbonyl (C=O) groups is 3. The van der Waals surface area contributed by atoms with Crippen molar-refractivity contribution in [2.45, 2.75) is 64.4 Å². The van der Waals surface area contributed by atoms with Crippen molar-refractivity contribution < 1.29 is 37.5 Å². The summed E-state index contributed by atoms with van der Waals surface area (Å²) in [7, 11) is -0.663. The van der Waals surface area contributed by atoms with Gasteiger partial charge in [-0.15, -0.1) is 9.46 Å². The van der Waals surface area contributed by atoms with E-state index in [9.17, 15) is 18.6 Å². The highest BCUT2D eigenvalue weighted by atomic mass is 35.5. The van der Waals surface area contributed by atoms with E-state index in [-0.39, 0.29) is 52.9 Å². The van der Waals surface area contributed by atoms with Crippen molar-refractivity contribution >= 4 is 45.0 Å². The topological polar surface area (TPSA) is 154 Å². The van der Waals surface area contributed by atoms with Crippen LogP contribution < -0.4 is 19.1 Å². The van der Waals surface area contributed by atoms with Crippen LogP contribution in [-0.2, 0) is 44.1 Å². The number of esters is 1. The van der Waals surface area contributed by atoms with Gasteiger partial charge >= 0.3 is 5.97 Å². The summed E-state index contributed by atoms with van der Waals surface area (Å²) in [6.07, 6.45) is 10.8. The smallest absolute Gasteiger partial charge is 0.307 e. The number of amides is 2.